The Morgan fingerprint density at radius 3 is 2.53 bits per heavy atom. The first-order valence-corrected chi connectivity index (χ1v) is 7.06. The monoisotopic (exact) mass is 270 g/mol. The number of aliphatic hydroxyl groups is 1. The van der Waals surface area contributed by atoms with Crippen LogP contribution in [0.5, 0.6) is 0 Å². The lowest BCUT2D eigenvalue weighted by atomic mass is 10.1. The fourth-order valence-corrected chi connectivity index (χ4v) is 2.40. The Morgan fingerprint density at radius 2 is 2.05 bits per heavy atom. The van der Waals surface area contributed by atoms with Gasteiger partial charge in [0.1, 0.15) is 0 Å². The maximum Gasteiger partial charge on any atom is 0.225 e. The van der Waals surface area contributed by atoms with Gasteiger partial charge in [-0.25, -0.2) is 0 Å². The van der Waals surface area contributed by atoms with Crippen molar-refractivity contribution in [2.24, 2.45) is 11.8 Å². The summed E-state index contributed by atoms with van der Waals surface area (Å²) < 4.78 is 0. The van der Waals surface area contributed by atoms with Crippen molar-refractivity contribution < 1.29 is 14.7 Å². The summed E-state index contributed by atoms with van der Waals surface area (Å²) in [5, 5.41) is 12.5. The van der Waals surface area contributed by atoms with Gasteiger partial charge in [-0.3, -0.25) is 9.59 Å². The molecule has 0 bridgehead atoms. The van der Waals surface area contributed by atoms with Gasteiger partial charge < -0.3 is 15.3 Å². The molecule has 0 saturated carbocycles. The summed E-state index contributed by atoms with van der Waals surface area (Å²) in [7, 11) is 0. The summed E-state index contributed by atoms with van der Waals surface area (Å²) in [5.41, 5.74) is 0. The SMILES string of the molecule is CC(C)CC(O)CNC(=O)C1CC(=O)N(C(C)C)C1. The van der Waals surface area contributed by atoms with Crippen LogP contribution in [0.1, 0.15) is 40.5 Å². The van der Waals surface area contributed by atoms with E-state index in [9.17, 15) is 14.7 Å². The van der Waals surface area contributed by atoms with Gasteiger partial charge in [-0.1, -0.05) is 13.8 Å². The number of aliphatic hydroxyl groups excluding tert-OH is 1. The summed E-state index contributed by atoms with van der Waals surface area (Å²) >= 11 is 0. The first kappa shape index (κ1) is 16.0. The summed E-state index contributed by atoms with van der Waals surface area (Å²) in [6, 6.07) is 0.136. The van der Waals surface area contributed by atoms with E-state index < -0.39 is 6.10 Å². The minimum absolute atomic E-state index is 0.0397. The highest BCUT2D eigenvalue weighted by Crippen LogP contribution is 2.20. The molecular formula is C14H26N2O3. The standard InChI is InChI=1S/C14H26N2O3/c1-9(2)5-12(17)7-15-14(19)11-6-13(18)16(8-11)10(3)4/h9-12,17H,5-8H2,1-4H3,(H,15,19). The van der Waals surface area contributed by atoms with Crippen molar-refractivity contribution in [3.05, 3.63) is 0 Å². The number of hydrogen-bond donors (Lipinski definition) is 2. The third kappa shape index (κ3) is 4.82. The molecule has 1 heterocycles. The van der Waals surface area contributed by atoms with Crippen molar-refractivity contribution in [1.82, 2.24) is 10.2 Å². The second-order valence-corrected chi connectivity index (χ2v) is 6.07. The molecule has 0 spiro atoms. The Labute approximate surface area is 115 Å². The van der Waals surface area contributed by atoms with E-state index in [1.54, 1.807) is 4.90 Å². The number of nitrogens with zero attached hydrogens (tertiary/aromatic N) is 1. The summed E-state index contributed by atoms with van der Waals surface area (Å²) in [4.78, 5) is 25.4. The lowest BCUT2D eigenvalue weighted by Gasteiger charge is -2.21. The number of rotatable bonds is 6. The lowest BCUT2D eigenvalue weighted by molar-refractivity contribution is -0.130. The van der Waals surface area contributed by atoms with Crippen LogP contribution in [0, 0.1) is 11.8 Å². The zero-order valence-corrected chi connectivity index (χ0v) is 12.3. The number of hydrogen-bond acceptors (Lipinski definition) is 3. The number of likely N-dealkylation sites (tertiary alicyclic amines) is 1. The highest BCUT2D eigenvalue weighted by atomic mass is 16.3. The van der Waals surface area contributed by atoms with Crippen molar-refractivity contribution in [2.75, 3.05) is 13.1 Å². The second kappa shape index (κ2) is 6.89. The normalized spacial score (nSPS) is 21.3. The Bertz CT molecular complexity index is 329. The number of carbonyl (C=O) groups excluding carboxylic acids is 2. The highest BCUT2D eigenvalue weighted by Gasteiger charge is 2.35. The lowest BCUT2D eigenvalue weighted by Crippen LogP contribution is -2.38. The highest BCUT2D eigenvalue weighted by molar-refractivity contribution is 5.89. The predicted molar refractivity (Wildman–Crippen MR) is 73.4 cm³/mol. The topological polar surface area (TPSA) is 69.6 Å². The molecule has 0 aliphatic carbocycles. The van der Waals surface area contributed by atoms with Crippen LogP contribution in [0.2, 0.25) is 0 Å². The molecule has 0 radical (unpaired) electrons. The minimum Gasteiger partial charge on any atom is -0.391 e. The molecule has 110 valence electrons. The molecule has 2 unspecified atom stereocenters. The molecule has 1 saturated heterocycles. The molecule has 19 heavy (non-hydrogen) atoms. The van der Waals surface area contributed by atoms with Crippen LogP contribution < -0.4 is 5.32 Å². The molecule has 5 nitrogen and oxygen atoms in total. The van der Waals surface area contributed by atoms with Gasteiger partial charge in [0, 0.05) is 25.6 Å². The van der Waals surface area contributed by atoms with Gasteiger partial charge in [0.25, 0.3) is 0 Å². The van der Waals surface area contributed by atoms with Gasteiger partial charge in [-0.05, 0) is 26.2 Å². The fraction of sp³-hybridized carbons (Fsp3) is 0.857. The van der Waals surface area contributed by atoms with Gasteiger partial charge >= 0.3 is 0 Å². The molecule has 5 heteroatoms. The third-order valence-electron chi connectivity index (χ3n) is 3.41. The Kier molecular flexibility index (Phi) is 5.79. The largest absolute Gasteiger partial charge is 0.391 e. The summed E-state index contributed by atoms with van der Waals surface area (Å²) in [6.45, 7) is 8.71. The second-order valence-electron chi connectivity index (χ2n) is 6.07. The fourth-order valence-electron chi connectivity index (χ4n) is 2.40. The molecule has 1 aliphatic rings. The van der Waals surface area contributed by atoms with E-state index in [0.717, 1.165) is 0 Å². The Balaban J connectivity index is 2.37. The number of carbonyl (C=O) groups is 2. The minimum atomic E-state index is -0.512. The van der Waals surface area contributed by atoms with Crippen LogP contribution in [0.25, 0.3) is 0 Å². The predicted octanol–water partition coefficient (Wildman–Crippen LogP) is 0.766. The van der Waals surface area contributed by atoms with Crippen LogP contribution in [-0.2, 0) is 9.59 Å². The Morgan fingerprint density at radius 1 is 1.42 bits per heavy atom. The van der Waals surface area contributed by atoms with Gasteiger partial charge in [-0.2, -0.15) is 0 Å². The molecule has 1 rings (SSSR count). The molecule has 0 aromatic carbocycles. The third-order valence-corrected chi connectivity index (χ3v) is 3.41. The van der Waals surface area contributed by atoms with Crippen LogP contribution in [0.15, 0.2) is 0 Å². The van der Waals surface area contributed by atoms with E-state index in [4.69, 9.17) is 0 Å². The van der Waals surface area contributed by atoms with E-state index in [1.165, 1.54) is 0 Å². The summed E-state index contributed by atoms with van der Waals surface area (Å²) in [6.07, 6.45) is 0.439. The molecule has 2 atom stereocenters. The van der Waals surface area contributed by atoms with Gasteiger partial charge in [0.05, 0.1) is 12.0 Å². The summed E-state index contributed by atoms with van der Waals surface area (Å²) in [5.74, 6) is 0.0368. The zero-order chi connectivity index (χ0) is 14.6. The van der Waals surface area contributed by atoms with E-state index in [2.05, 4.69) is 5.32 Å². The first-order chi connectivity index (χ1) is 8.81. The molecular weight excluding hydrogens is 244 g/mol. The average molecular weight is 270 g/mol. The van der Waals surface area contributed by atoms with Crippen molar-refractivity contribution in [3.8, 4) is 0 Å². The van der Waals surface area contributed by atoms with E-state index in [-0.39, 0.29) is 36.7 Å². The number of nitrogens with one attached hydrogen (secondary N) is 1. The first-order valence-electron chi connectivity index (χ1n) is 7.06. The zero-order valence-electron chi connectivity index (χ0n) is 12.3. The molecule has 0 aromatic heterocycles. The van der Waals surface area contributed by atoms with Crippen LogP contribution >= 0.6 is 0 Å². The molecule has 0 aromatic rings. The smallest absolute Gasteiger partial charge is 0.225 e. The van der Waals surface area contributed by atoms with Crippen molar-refractivity contribution in [2.45, 2.75) is 52.7 Å². The van der Waals surface area contributed by atoms with E-state index in [1.807, 2.05) is 27.7 Å². The van der Waals surface area contributed by atoms with Gasteiger partial charge in [0.2, 0.25) is 11.8 Å². The van der Waals surface area contributed by atoms with Crippen LogP contribution in [-0.4, -0.2) is 47.1 Å². The average Bonchev–Trinajstić information content (AvgIpc) is 2.67. The van der Waals surface area contributed by atoms with Crippen molar-refractivity contribution in [1.29, 1.82) is 0 Å². The van der Waals surface area contributed by atoms with Crippen molar-refractivity contribution in [3.63, 3.8) is 0 Å². The Hall–Kier alpha value is -1.10. The number of amides is 2. The molecule has 2 N–H and O–H groups in total. The van der Waals surface area contributed by atoms with Gasteiger partial charge in [-0.15, -0.1) is 0 Å². The van der Waals surface area contributed by atoms with E-state index in [0.29, 0.717) is 18.9 Å². The molecule has 2 amide bonds. The molecule has 1 aliphatic heterocycles. The van der Waals surface area contributed by atoms with Crippen molar-refractivity contribution >= 4 is 11.8 Å². The van der Waals surface area contributed by atoms with Crippen LogP contribution in [0.4, 0.5) is 0 Å². The van der Waals surface area contributed by atoms with E-state index >= 15 is 0 Å². The maximum atomic E-state index is 11.9. The maximum absolute atomic E-state index is 11.9. The quantitative estimate of drug-likeness (QED) is 0.749. The van der Waals surface area contributed by atoms with Crippen LogP contribution in [0.3, 0.4) is 0 Å². The molecule has 1 fully saturated rings. The van der Waals surface area contributed by atoms with Gasteiger partial charge in [0.15, 0.2) is 0 Å².